The predicted molar refractivity (Wildman–Crippen MR) is 268 cm³/mol. The van der Waals surface area contributed by atoms with E-state index in [0.29, 0.717) is 5.82 Å². The molecule has 0 aliphatic carbocycles. The fourth-order valence-corrected chi connectivity index (χ4v) is 10.6. The molecule has 0 aliphatic rings. The average Bonchev–Trinajstić information content (AvgIpc) is 3.95. The first-order valence-corrected chi connectivity index (χ1v) is 22.3. The SMILES string of the molecule is c1ccc(-c2cc(-c3ccc4sc5c(-c6cccc(-c7ccc8c(c7)nc(-c7ccccc7)c7ccc9oc%10ccccc%10c9c78)c6)cccc5c4c3)nc(-c3ccccc3)n2)cc1. The lowest BCUT2D eigenvalue weighted by molar-refractivity contribution is 0.669. The molecule has 0 atom stereocenters. The van der Waals surface area contributed by atoms with Crippen LogP contribution in [0.3, 0.4) is 0 Å². The maximum absolute atomic E-state index is 6.39. The van der Waals surface area contributed by atoms with Crippen molar-refractivity contribution in [2.45, 2.75) is 0 Å². The Bertz CT molecular complexity index is 3890. The smallest absolute Gasteiger partial charge is 0.160 e. The summed E-state index contributed by atoms with van der Waals surface area (Å²) in [5.41, 5.74) is 14.3. The van der Waals surface area contributed by atoms with Gasteiger partial charge in [0.2, 0.25) is 0 Å². The van der Waals surface area contributed by atoms with Crippen LogP contribution in [0.2, 0.25) is 0 Å². The van der Waals surface area contributed by atoms with Crippen molar-refractivity contribution < 1.29 is 4.42 Å². The van der Waals surface area contributed by atoms with Gasteiger partial charge in [-0.15, -0.1) is 11.3 Å². The molecule has 5 heteroatoms. The Morgan fingerprint density at radius 2 is 0.984 bits per heavy atom. The van der Waals surface area contributed by atoms with E-state index < -0.39 is 0 Å². The maximum Gasteiger partial charge on any atom is 0.160 e. The van der Waals surface area contributed by atoms with E-state index in [-0.39, 0.29) is 0 Å². The van der Waals surface area contributed by atoms with Crippen molar-refractivity contribution in [3.8, 4) is 67.4 Å². The molecule has 4 aromatic heterocycles. The van der Waals surface area contributed by atoms with Crippen molar-refractivity contribution in [1.82, 2.24) is 15.0 Å². The molecule has 13 rings (SSSR count). The van der Waals surface area contributed by atoms with Gasteiger partial charge in [-0.1, -0.05) is 164 Å². The van der Waals surface area contributed by atoms with Crippen LogP contribution in [0.25, 0.3) is 131 Å². The summed E-state index contributed by atoms with van der Waals surface area (Å²) in [6, 6.07) is 74.9. The van der Waals surface area contributed by atoms with Crippen LogP contribution in [0.5, 0.6) is 0 Å². The Morgan fingerprint density at radius 1 is 0.344 bits per heavy atom. The molecule has 298 valence electrons. The van der Waals surface area contributed by atoms with E-state index in [1.165, 1.54) is 36.7 Å². The van der Waals surface area contributed by atoms with Gasteiger partial charge in [0.25, 0.3) is 0 Å². The van der Waals surface area contributed by atoms with E-state index in [1.807, 2.05) is 47.7 Å². The number of hydrogen-bond acceptors (Lipinski definition) is 5. The Hall–Kier alpha value is -8.25. The summed E-state index contributed by atoms with van der Waals surface area (Å²) >= 11 is 1.84. The Balaban J connectivity index is 0.929. The number of pyridine rings is 1. The average molecular weight is 834 g/mol. The molecule has 0 saturated carbocycles. The van der Waals surface area contributed by atoms with Gasteiger partial charge in [0.1, 0.15) is 11.2 Å². The van der Waals surface area contributed by atoms with Gasteiger partial charge in [0.15, 0.2) is 5.82 Å². The third-order valence-electron chi connectivity index (χ3n) is 12.5. The van der Waals surface area contributed by atoms with Crippen LogP contribution in [0.1, 0.15) is 0 Å². The molecular weight excluding hydrogens is 799 g/mol. The summed E-state index contributed by atoms with van der Waals surface area (Å²) in [5, 5.41) is 8.08. The second-order valence-electron chi connectivity index (χ2n) is 16.3. The van der Waals surface area contributed by atoms with E-state index in [1.54, 1.807) is 0 Å². The van der Waals surface area contributed by atoms with E-state index >= 15 is 0 Å². The molecule has 0 unspecified atom stereocenters. The third-order valence-corrected chi connectivity index (χ3v) is 13.7. The van der Waals surface area contributed by atoms with Crippen LogP contribution in [0.15, 0.2) is 217 Å². The van der Waals surface area contributed by atoms with Gasteiger partial charge in [-0.05, 0) is 70.8 Å². The van der Waals surface area contributed by atoms with Crippen LogP contribution in [-0.4, -0.2) is 15.0 Å². The van der Waals surface area contributed by atoms with Gasteiger partial charge in [-0.2, -0.15) is 0 Å². The number of furan rings is 1. The third kappa shape index (κ3) is 6.01. The molecule has 0 aliphatic heterocycles. The van der Waals surface area contributed by atoms with E-state index in [2.05, 4.69) is 176 Å². The molecule has 0 amide bonds. The number of hydrogen-bond donors (Lipinski definition) is 0. The number of benzene rings is 9. The quantitative estimate of drug-likeness (QED) is 0.157. The van der Waals surface area contributed by atoms with Crippen molar-refractivity contribution >= 4 is 75.1 Å². The highest BCUT2D eigenvalue weighted by atomic mass is 32.1. The fourth-order valence-electron chi connectivity index (χ4n) is 9.43. The minimum Gasteiger partial charge on any atom is -0.456 e. The number of aromatic nitrogens is 3. The predicted octanol–water partition coefficient (Wildman–Crippen LogP) is 16.4. The standard InChI is InChI=1S/C59H35N3OS/c1-4-14-36(15-5-1)49-35-50(62-59(61-49)38-18-8-3-9-19-38)42-27-31-54-48(33-42)44-24-13-23-43(58(44)64-54)41-21-12-20-39(32-41)40-26-28-45-51(34-40)60-57(37-16-6-2-7-17-37)47-29-30-53-56(55(45)47)46-22-10-11-25-52(46)63-53/h1-35H. The number of nitrogens with zero attached hydrogens (tertiary/aromatic N) is 3. The highest BCUT2D eigenvalue weighted by molar-refractivity contribution is 7.26. The molecule has 4 nitrogen and oxygen atoms in total. The van der Waals surface area contributed by atoms with Crippen molar-refractivity contribution in [2.75, 3.05) is 0 Å². The topological polar surface area (TPSA) is 51.8 Å². The molecule has 0 saturated heterocycles. The van der Waals surface area contributed by atoms with Crippen molar-refractivity contribution in [2.24, 2.45) is 0 Å². The van der Waals surface area contributed by atoms with Crippen molar-refractivity contribution in [3.63, 3.8) is 0 Å². The Kier molecular flexibility index (Phi) is 8.36. The summed E-state index contributed by atoms with van der Waals surface area (Å²) in [6.07, 6.45) is 0. The first-order valence-electron chi connectivity index (χ1n) is 21.5. The van der Waals surface area contributed by atoms with Gasteiger partial charge < -0.3 is 4.42 Å². The van der Waals surface area contributed by atoms with Gasteiger partial charge in [-0.3, -0.25) is 0 Å². The van der Waals surface area contributed by atoms with E-state index in [9.17, 15) is 0 Å². The second-order valence-corrected chi connectivity index (χ2v) is 17.3. The zero-order valence-electron chi connectivity index (χ0n) is 34.4. The van der Waals surface area contributed by atoms with Gasteiger partial charge in [0.05, 0.1) is 22.6 Å². The van der Waals surface area contributed by atoms with Gasteiger partial charge >= 0.3 is 0 Å². The minimum atomic E-state index is 0.713. The normalized spacial score (nSPS) is 11.8. The molecule has 0 fully saturated rings. The highest BCUT2D eigenvalue weighted by Gasteiger charge is 2.19. The van der Waals surface area contributed by atoms with Crippen LogP contribution in [0, 0.1) is 0 Å². The summed E-state index contributed by atoms with van der Waals surface area (Å²) in [6.45, 7) is 0. The molecular formula is C59H35N3OS. The summed E-state index contributed by atoms with van der Waals surface area (Å²) in [4.78, 5) is 15.6. The molecule has 64 heavy (non-hydrogen) atoms. The lowest BCUT2D eigenvalue weighted by Crippen LogP contribution is -1.95. The largest absolute Gasteiger partial charge is 0.456 e. The lowest BCUT2D eigenvalue weighted by Gasteiger charge is -2.13. The van der Waals surface area contributed by atoms with E-state index in [4.69, 9.17) is 19.4 Å². The first kappa shape index (κ1) is 36.4. The second kappa shape index (κ2) is 14.7. The maximum atomic E-state index is 6.39. The molecule has 9 aromatic carbocycles. The molecule has 4 heterocycles. The Labute approximate surface area is 372 Å². The fraction of sp³-hybridized carbons (Fsp3) is 0. The number of para-hydroxylation sites is 1. The minimum absolute atomic E-state index is 0.713. The zero-order valence-corrected chi connectivity index (χ0v) is 35.2. The number of thiophene rings is 1. The monoisotopic (exact) mass is 833 g/mol. The van der Waals surface area contributed by atoms with Crippen LogP contribution >= 0.6 is 11.3 Å². The Morgan fingerprint density at radius 3 is 1.81 bits per heavy atom. The molecule has 0 bridgehead atoms. The molecule has 0 spiro atoms. The van der Waals surface area contributed by atoms with Crippen LogP contribution in [0.4, 0.5) is 0 Å². The first-order chi connectivity index (χ1) is 31.7. The summed E-state index contributed by atoms with van der Waals surface area (Å²) < 4.78 is 8.90. The molecule has 0 radical (unpaired) electrons. The number of rotatable bonds is 6. The lowest BCUT2D eigenvalue weighted by atomic mass is 9.94. The van der Waals surface area contributed by atoms with Crippen LogP contribution in [-0.2, 0) is 0 Å². The van der Waals surface area contributed by atoms with E-state index in [0.717, 1.165) is 88.7 Å². The summed E-state index contributed by atoms with van der Waals surface area (Å²) in [5.74, 6) is 0.713. The van der Waals surface area contributed by atoms with Crippen molar-refractivity contribution in [3.05, 3.63) is 212 Å². The molecule has 0 N–H and O–H groups in total. The van der Waals surface area contributed by atoms with Crippen molar-refractivity contribution in [1.29, 1.82) is 0 Å². The highest BCUT2D eigenvalue weighted by Crippen LogP contribution is 2.44. The van der Waals surface area contributed by atoms with Gasteiger partial charge in [0, 0.05) is 69.4 Å². The van der Waals surface area contributed by atoms with Gasteiger partial charge in [-0.25, -0.2) is 15.0 Å². The molecule has 13 aromatic rings. The zero-order chi connectivity index (χ0) is 42.1. The summed E-state index contributed by atoms with van der Waals surface area (Å²) in [7, 11) is 0. The van der Waals surface area contributed by atoms with Crippen LogP contribution < -0.4 is 0 Å². The number of fused-ring (bicyclic) bond motifs is 10.